The number of H-pyrrole nitrogens is 1. The van der Waals surface area contributed by atoms with E-state index in [4.69, 9.17) is 44.3 Å². The fourth-order valence-corrected chi connectivity index (χ4v) is 6.03. The van der Waals surface area contributed by atoms with Crippen LogP contribution in [0.25, 0.3) is 10.9 Å². The lowest BCUT2D eigenvalue weighted by molar-refractivity contribution is -0.130. The van der Waals surface area contributed by atoms with E-state index in [1.807, 2.05) is 29.3 Å². The van der Waals surface area contributed by atoms with Gasteiger partial charge in [0.05, 0.1) is 24.8 Å². The molecule has 0 spiro atoms. The van der Waals surface area contributed by atoms with Gasteiger partial charge in [-0.2, -0.15) is 0 Å². The van der Waals surface area contributed by atoms with Gasteiger partial charge in [-0.3, -0.25) is 4.79 Å². The molecule has 4 rings (SSSR count). The van der Waals surface area contributed by atoms with Crippen LogP contribution in [-0.2, 0) is 21.2 Å². The smallest absolute Gasteiger partial charge is 0.274 e. The Bertz CT molecular complexity index is 1420. The molecule has 1 aromatic heterocycles. The number of ether oxygens (including phenoxy) is 2. The zero-order chi connectivity index (χ0) is 27.7. The first kappa shape index (κ1) is 28.6. The Hall–Kier alpha value is -2.37. The van der Waals surface area contributed by atoms with Crippen LogP contribution in [0.3, 0.4) is 0 Å². The van der Waals surface area contributed by atoms with Gasteiger partial charge in [-0.15, -0.1) is 0 Å². The SMILES string of the molecule is COc1ccc2[nH]cc(CCN(C)S(=O)(=O)c3ccc(OC)c(N4CCN(C(=O)C(Cl)(Cl)Cl)CC4)c3)c2c1. The molecule has 1 aliphatic heterocycles. The van der Waals surface area contributed by atoms with Crippen LogP contribution in [-0.4, -0.2) is 86.3 Å². The summed E-state index contributed by atoms with van der Waals surface area (Å²) in [6, 6.07) is 10.5. The van der Waals surface area contributed by atoms with Crippen LogP contribution in [0, 0.1) is 0 Å². The van der Waals surface area contributed by atoms with Gasteiger partial charge in [0.1, 0.15) is 11.5 Å². The number of halogens is 3. The first-order valence-electron chi connectivity index (χ1n) is 11.8. The molecule has 2 heterocycles. The van der Waals surface area contributed by atoms with E-state index in [1.54, 1.807) is 26.3 Å². The van der Waals surface area contributed by atoms with Gasteiger partial charge in [-0.25, -0.2) is 12.7 Å². The lowest BCUT2D eigenvalue weighted by Crippen LogP contribution is -2.51. The molecule has 3 aromatic rings. The third kappa shape index (κ3) is 5.94. The number of amides is 1. The van der Waals surface area contributed by atoms with E-state index in [2.05, 4.69) is 4.98 Å². The molecule has 206 valence electrons. The summed E-state index contributed by atoms with van der Waals surface area (Å²) in [6.07, 6.45) is 2.41. The topological polar surface area (TPSA) is 95.2 Å². The van der Waals surface area contributed by atoms with Crippen LogP contribution >= 0.6 is 34.8 Å². The van der Waals surface area contributed by atoms with Crippen molar-refractivity contribution in [1.29, 1.82) is 0 Å². The highest BCUT2D eigenvalue weighted by atomic mass is 35.6. The van der Waals surface area contributed by atoms with Crippen molar-refractivity contribution in [2.24, 2.45) is 0 Å². The Morgan fingerprint density at radius 3 is 2.39 bits per heavy atom. The largest absolute Gasteiger partial charge is 0.497 e. The number of carbonyl (C=O) groups excluding carboxylic acids is 1. The number of piperazine rings is 1. The lowest BCUT2D eigenvalue weighted by Gasteiger charge is -2.37. The van der Waals surface area contributed by atoms with Crippen LogP contribution in [0.5, 0.6) is 11.5 Å². The fraction of sp³-hybridized carbons (Fsp3) is 0.400. The van der Waals surface area contributed by atoms with Crippen LogP contribution in [0.15, 0.2) is 47.5 Å². The Morgan fingerprint density at radius 2 is 1.76 bits per heavy atom. The van der Waals surface area contributed by atoms with Crippen LogP contribution < -0.4 is 14.4 Å². The van der Waals surface area contributed by atoms with Gasteiger partial charge in [0.2, 0.25) is 10.0 Å². The Morgan fingerprint density at radius 1 is 1.05 bits per heavy atom. The maximum atomic E-state index is 13.5. The third-order valence-electron chi connectivity index (χ3n) is 6.68. The monoisotopic (exact) mass is 602 g/mol. The van der Waals surface area contributed by atoms with E-state index in [9.17, 15) is 13.2 Å². The molecule has 1 N–H and O–H groups in total. The molecule has 1 amide bonds. The molecule has 2 aromatic carbocycles. The average molecular weight is 604 g/mol. The van der Waals surface area contributed by atoms with Gasteiger partial charge in [0, 0.05) is 56.9 Å². The normalized spacial score (nSPS) is 14.8. The summed E-state index contributed by atoms with van der Waals surface area (Å²) < 4.78 is 37.1. The second-order valence-electron chi connectivity index (χ2n) is 8.91. The maximum absolute atomic E-state index is 13.5. The predicted molar refractivity (Wildman–Crippen MR) is 150 cm³/mol. The van der Waals surface area contributed by atoms with Crippen molar-refractivity contribution < 1.29 is 22.7 Å². The predicted octanol–water partition coefficient (Wildman–Crippen LogP) is 4.07. The van der Waals surface area contributed by atoms with Gasteiger partial charge in [-0.05, 0) is 48.4 Å². The molecular formula is C25H29Cl3N4O5S. The van der Waals surface area contributed by atoms with Crippen molar-refractivity contribution in [3.8, 4) is 11.5 Å². The van der Waals surface area contributed by atoms with E-state index in [-0.39, 0.29) is 11.4 Å². The van der Waals surface area contributed by atoms with Gasteiger partial charge >= 0.3 is 0 Å². The molecule has 13 heteroatoms. The first-order valence-corrected chi connectivity index (χ1v) is 14.4. The number of alkyl halides is 3. The number of nitrogens with one attached hydrogen (secondary N) is 1. The molecule has 9 nitrogen and oxygen atoms in total. The molecule has 38 heavy (non-hydrogen) atoms. The number of rotatable bonds is 8. The Balaban J connectivity index is 1.50. The highest BCUT2D eigenvalue weighted by Crippen LogP contribution is 2.34. The standard InChI is InChI=1S/C25H29Cl3N4O5S/c1-30(9-8-17-16-29-21-6-4-18(36-2)14-20(17)21)38(34,35)19-5-7-23(37-3)22(15-19)31-10-12-32(13-11-31)24(33)25(26,27)28/h4-7,14-16,29H,8-13H2,1-3H3. The molecule has 1 aliphatic rings. The Labute approximate surface area is 237 Å². The van der Waals surface area contributed by atoms with Gasteiger partial charge in [0.25, 0.3) is 9.70 Å². The third-order valence-corrected chi connectivity index (χ3v) is 9.02. The highest BCUT2D eigenvalue weighted by Gasteiger charge is 2.37. The number of anilines is 1. The maximum Gasteiger partial charge on any atom is 0.274 e. The lowest BCUT2D eigenvalue weighted by atomic mass is 10.1. The van der Waals surface area contributed by atoms with E-state index < -0.39 is 19.7 Å². The molecule has 0 radical (unpaired) electrons. The molecule has 1 fully saturated rings. The number of carbonyl (C=O) groups is 1. The Kier molecular flexibility index (Phi) is 8.59. The summed E-state index contributed by atoms with van der Waals surface area (Å²) in [5.74, 6) is 0.684. The van der Waals surface area contributed by atoms with Gasteiger partial charge in [0.15, 0.2) is 0 Å². The summed E-state index contributed by atoms with van der Waals surface area (Å²) in [4.78, 5) is 19.1. The molecule has 0 unspecified atom stereocenters. The number of sulfonamides is 1. The first-order chi connectivity index (χ1) is 18.0. The zero-order valence-electron chi connectivity index (χ0n) is 21.2. The summed E-state index contributed by atoms with van der Waals surface area (Å²) >= 11 is 17.2. The molecule has 1 saturated heterocycles. The second kappa shape index (κ2) is 11.4. The number of fused-ring (bicyclic) bond motifs is 1. The van der Waals surface area contributed by atoms with Crippen molar-refractivity contribution >= 4 is 67.3 Å². The summed E-state index contributed by atoms with van der Waals surface area (Å²) in [6.45, 7) is 1.77. The summed E-state index contributed by atoms with van der Waals surface area (Å²) in [5.41, 5.74) is 2.58. The molecule has 0 bridgehead atoms. The molecular weight excluding hydrogens is 575 g/mol. The highest BCUT2D eigenvalue weighted by molar-refractivity contribution is 7.89. The fourth-order valence-electron chi connectivity index (χ4n) is 4.48. The van der Waals surface area contributed by atoms with E-state index in [0.29, 0.717) is 44.0 Å². The second-order valence-corrected chi connectivity index (χ2v) is 13.2. The number of methoxy groups -OCH3 is 2. The number of hydrogen-bond acceptors (Lipinski definition) is 6. The van der Waals surface area contributed by atoms with Crippen LogP contribution in [0.4, 0.5) is 5.69 Å². The molecule has 0 saturated carbocycles. The van der Waals surface area contributed by atoms with E-state index in [1.165, 1.54) is 22.4 Å². The van der Waals surface area contributed by atoms with E-state index >= 15 is 0 Å². The van der Waals surface area contributed by atoms with Crippen molar-refractivity contribution in [3.05, 3.63) is 48.2 Å². The minimum absolute atomic E-state index is 0.149. The minimum Gasteiger partial charge on any atom is -0.497 e. The zero-order valence-corrected chi connectivity index (χ0v) is 24.3. The number of aromatic nitrogens is 1. The van der Waals surface area contributed by atoms with Crippen LogP contribution in [0.1, 0.15) is 5.56 Å². The summed E-state index contributed by atoms with van der Waals surface area (Å²) in [5, 5.41) is 0.995. The van der Waals surface area contributed by atoms with Crippen molar-refractivity contribution in [3.63, 3.8) is 0 Å². The van der Waals surface area contributed by atoms with Crippen molar-refractivity contribution in [1.82, 2.24) is 14.2 Å². The average Bonchev–Trinajstić information content (AvgIpc) is 3.32. The minimum atomic E-state index is -3.79. The van der Waals surface area contributed by atoms with Crippen LogP contribution in [0.2, 0.25) is 0 Å². The van der Waals surface area contributed by atoms with Gasteiger partial charge < -0.3 is 24.3 Å². The molecule has 0 atom stereocenters. The number of aromatic amines is 1. The number of benzene rings is 2. The van der Waals surface area contributed by atoms with Crippen molar-refractivity contribution in [2.75, 3.05) is 58.9 Å². The van der Waals surface area contributed by atoms with E-state index in [0.717, 1.165) is 22.2 Å². The quantitative estimate of drug-likeness (QED) is 0.390. The number of likely N-dealkylation sites (N-methyl/N-ethyl adjacent to an activating group) is 1. The molecule has 0 aliphatic carbocycles. The number of nitrogens with zero attached hydrogens (tertiary/aromatic N) is 3. The number of hydrogen-bond donors (Lipinski definition) is 1. The van der Waals surface area contributed by atoms with Gasteiger partial charge in [-0.1, -0.05) is 34.8 Å². The van der Waals surface area contributed by atoms with Crippen molar-refractivity contribution in [2.45, 2.75) is 15.1 Å². The summed E-state index contributed by atoms with van der Waals surface area (Å²) in [7, 11) is 0.914.